The molecule has 3 nitrogen and oxygen atoms in total. The maximum absolute atomic E-state index is 10.4. The highest BCUT2D eigenvalue weighted by molar-refractivity contribution is 6.32. The molecule has 0 saturated heterocycles. The number of carbonyl (C=O) groups is 1. The van der Waals surface area contributed by atoms with Gasteiger partial charge in [0.2, 0.25) is 0 Å². The molecule has 1 aromatic carbocycles. The molecule has 2 aromatic rings. The van der Waals surface area contributed by atoms with Gasteiger partial charge in [-0.15, -0.1) is 0 Å². The third-order valence-electron chi connectivity index (χ3n) is 1.97. The van der Waals surface area contributed by atoms with Crippen LogP contribution in [0.2, 0.25) is 5.02 Å². The van der Waals surface area contributed by atoms with E-state index in [2.05, 4.69) is 4.98 Å². The minimum Gasteiger partial charge on any atom is -0.441 e. The van der Waals surface area contributed by atoms with E-state index in [9.17, 15) is 4.79 Å². The maximum Gasteiger partial charge on any atom is 0.192 e. The Labute approximate surface area is 85.7 Å². The number of halogens is 1. The Morgan fingerprint density at radius 2 is 2.36 bits per heavy atom. The van der Waals surface area contributed by atoms with Crippen LogP contribution in [0, 0.1) is 6.92 Å². The highest BCUT2D eigenvalue weighted by Gasteiger charge is 2.07. The predicted molar refractivity (Wildman–Crippen MR) is 53.5 cm³/mol. The molecule has 2 rings (SSSR count). The third-order valence-corrected chi connectivity index (χ3v) is 2.32. The van der Waals surface area contributed by atoms with Gasteiger partial charge in [-0.3, -0.25) is 0 Å². The summed E-state index contributed by atoms with van der Waals surface area (Å²) in [6, 6.07) is 3.47. The number of rotatable bonds is 2. The van der Waals surface area contributed by atoms with Crippen LogP contribution >= 0.6 is 11.6 Å². The molecule has 0 atom stereocenters. The number of oxazole rings is 1. The molecule has 0 unspecified atom stereocenters. The minimum absolute atomic E-state index is 0.306. The van der Waals surface area contributed by atoms with Crippen LogP contribution in [0.5, 0.6) is 0 Å². The van der Waals surface area contributed by atoms with E-state index < -0.39 is 0 Å². The first-order valence-electron chi connectivity index (χ1n) is 4.20. The summed E-state index contributed by atoms with van der Waals surface area (Å²) in [5.41, 5.74) is 2.17. The lowest BCUT2D eigenvalue weighted by Gasteiger charge is -1.97. The molecule has 4 heteroatoms. The van der Waals surface area contributed by atoms with Crippen molar-refractivity contribution in [2.75, 3.05) is 0 Å². The summed E-state index contributed by atoms with van der Waals surface area (Å²) in [4.78, 5) is 14.5. The second-order valence-corrected chi connectivity index (χ2v) is 3.42. The van der Waals surface area contributed by atoms with Crippen molar-refractivity contribution in [1.82, 2.24) is 4.98 Å². The normalized spacial score (nSPS) is 10.7. The first kappa shape index (κ1) is 9.21. The molecule has 0 amide bonds. The van der Waals surface area contributed by atoms with Crippen LogP contribution in [0.1, 0.15) is 11.5 Å². The lowest BCUT2D eigenvalue weighted by molar-refractivity contribution is -0.107. The average Bonchev–Trinajstić information content (AvgIpc) is 2.45. The summed E-state index contributed by atoms with van der Waals surface area (Å²) < 4.78 is 5.30. The first-order chi connectivity index (χ1) is 6.70. The summed E-state index contributed by atoms with van der Waals surface area (Å²) in [5.74, 6) is 0.597. The number of fused-ring (bicyclic) bond motifs is 1. The van der Waals surface area contributed by atoms with Crippen LogP contribution < -0.4 is 0 Å². The second-order valence-electron chi connectivity index (χ2n) is 3.02. The first-order valence-corrected chi connectivity index (χ1v) is 4.57. The molecule has 0 spiro atoms. The predicted octanol–water partition coefficient (Wildman–Crippen LogP) is 2.53. The van der Waals surface area contributed by atoms with Crippen molar-refractivity contribution in [1.29, 1.82) is 0 Å². The highest BCUT2D eigenvalue weighted by Crippen LogP contribution is 2.24. The van der Waals surface area contributed by atoms with E-state index >= 15 is 0 Å². The molecule has 1 heterocycles. The van der Waals surface area contributed by atoms with Crippen molar-refractivity contribution in [3.63, 3.8) is 0 Å². The summed E-state index contributed by atoms with van der Waals surface area (Å²) in [7, 11) is 0. The van der Waals surface area contributed by atoms with Gasteiger partial charge in [-0.1, -0.05) is 11.6 Å². The smallest absolute Gasteiger partial charge is 0.192 e. The zero-order chi connectivity index (χ0) is 10.1. The van der Waals surface area contributed by atoms with E-state index in [1.165, 1.54) is 0 Å². The molecule has 72 valence electrons. The van der Waals surface area contributed by atoms with Crippen molar-refractivity contribution < 1.29 is 9.21 Å². The number of aldehydes is 1. The minimum atomic E-state index is 0.306. The van der Waals surface area contributed by atoms with Crippen LogP contribution in [-0.4, -0.2) is 11.3 Å². The van der Waals surface area contributed by atoms with Gasteiger partial charge < -0.3 is 9.21 Å². The maximum atomic E-state index is 10.4. The molecule has 1 aromatic heterocycles. The quantitative estimate of drug-likeness (QED) is 0.714. The molecule has 0 bridgehead atoms. The van der Waals surface area contributed by atoms with Gasteiger partial charge in [0.1, 0.15) is 11.8 Å². The molecule has 0 radical (unpaired) electrons. The van der Waals surface area contributed by atoms with E-state index in [1.54, 1.807) is 19.1 Å². The molecule has 0 aliphatic carbocycles. The third kappa shape index (κ3) is 1.51. The van der Waals surface area contributed by atoms with E-state index in [-0.39, 0.29) is 0 Å². The Morgan fingerprint density at radius 1 is 1.57 bits per heavy atom. The van der Waals surface area contributed by atoms with Gasteiger partial charge in [-0.05, 0) is 11.6 Å². The van der Waals surface area contributed by atoms with Crippen LogP contribution in [0.3, 0.4) is 0 Å². The number of carbonyl (C=O) groups excluding carboxylic acids is 1. The second kappa shape index (κ2) is 3.42. The monoisotopic (exact) mass is 209 g/mol. The summed E-state index contributed by atoms with van der Waals surface area (Å²) in [6.07, 6.45) is 1.13. The lowest BCUT2D eigenvalue weighted by Crippen LogP contribution is -1.87. The Bertz CT molecular complexity index is 490. The lowest BCUT2D eigenvalue weighted by atomic mass is 10.1. The molecule has 0 fully saturated rings. The topological polar surface area (TPSA) is 43.1 Å². The van der Waals surface area contributed by atoms with E-state index in [0.717, 1.165) is 17.4 Å². The van der Waals surface area contributed by atoms with Gasteiger partial charge in [0, 0.05) is 24.4 Å². The van der Waals surface area contributed by atoms with Gasteiger partial charge in [-0.25, -0.2) is 4.98 Å². The van der Waals surface area contributed by atoms with Crippen molar-refractivity contribution in [3.8, 4) is 0 Å². The zero-order valence-electron chi connectivity index (χ0n) is 7.58. The number of hydrogen-bond acceptors (Lipinski definition) is 3. The van der Waals surface area contributed by atoms with Crippen molar-refractivity contribution in [2.45, 2.75) is 13.3 Å². The molecule has 14 heavy (non-hydrogen) atoms. The van der Waals surface area contributed by atoms with Crippen LogP contribution in [0.25, 0.3) is 11.1 Å². The van der Waals surface area contributed by atoms with Crippen molar-refractivity contribution in [3.05, 3.63) is 28.6 Å². The van der Waals surface area contributed by atoms with Gasteiger partial charge >= 0.3 is 0 Å². The average molecular weight is 210 g/mol. The molecular weight excluding hydrogens is 202 g/mol. The Hall–Kier alpha value is -1.35. The standard InChI is InChI=1S/C10H8ClNO2/c1-6-12-9-4-7(2-3-13)8(11)5-10(9)14-6/h3-5H,2H2,1H3. The fourth-order valence-electron chi connectivity index (χ4n) is 1.35. The molecule has 0 N–H and O–H groups in total. The molecule has 0 aliphatic heterocycles. The van der Waals surface area contributed by atoms with E-state index in [4.69, 9.17) is 16.0 Å². The zero-order valence-corrected chi connectivity index (χ0v) is 8.34. The van der Waals surface area contributed by atoms with Crippen LogP contribution in [-0.2, 0) is 11.2 Å². The van der Waals surface area contributed by atoms with Crippen LogP contribution in [0.4, 0.5) is 0 Å². The number of aryl methyl sites for hydroxylation is 1. The van der Waals surface area contributed by atoms with Crippen molar-refractivity contribution in [2.24, 2.45) is 0 Å². The Balaban J connectivity index is 2.63. The summed E-state index contributed by atoms with van der Waals surface area (Å²) >= 11 is 5.94. The number of nitrogens with zero attached hydrogens (tertiary/aromatic N) is 1. The van der Waals surface area contributed by atoms with Crippen LogP contribution in [0.15, 0.2) is 16.5 Å². The number of hydrogen-bond donors (Lipinski definition) is 0. The van der Waals surface area contributed by atoms with Gasteiger partial charge in [0.25, 0.3) is 0 Å². The fourth-order valence-corrected chi connectivity index (χ4v) is 1.58. The van der Waals surface area contributed by atoms with Crippen molar-refractivity contribution >= 4 is 29.0 Å². The highest BCUT2D eigenvalue weighted by atomic mass is 35.5. The number of aromatic nitrogens is 1. The van der Waals surface area contributed by atoms with E-state index in [1.807, 2.05) is 0 Å². The Kier molecular flexibility index (Phi) is 2.25. The van der Waals surface area contributed by atoms with E-state index in [0.29, 0.717) is 22.9 Å². The van der Waals surface area contributed by atoms with Gasteiger partial charge in [0.05, 0.1) is 0 Å². The molecule has 0 aliphatic rings. The molecular formula is C10H8ClNO2. The van der Waals surface area contributed by atoms with Gasteiger partial charge in [0.15, 0.2) is 11.5 Å². The largest absolute Gasteiger partial charge is 0.441 e. The number of benzene rings is 1. The Morgan fingerprint density at radius 3 is 3.07 bits per heavy atom. The molecule has 0 saturated carbocycles. The fraction of sp³-hybridized carbons (Fsp3) is 0.200. The summed E-state index contributed by atoms with van der Waals surface area (Å²) in [6.45, 7) is 1.77. The summed E-state index contributed by atoms with van der Waals surface area (Å²) in [5, 5.41) is 0.542. The van der Waals surface area contributed by atoms with Gasteiger partial charge in [-0.2, -0.15) is 0 Å². The SMILES string of the molecule is Cc1nc2cc(CC=O)c(Cl)cc2o1.